The van der Waals surface area contributed by atoms with Crippen molar-refractivity contribution in [1.82, 2.24) is 9.45 Å². The molecule has 0 spiro atoms. The number of aromatic nitrogens is 2. The molecule has 0 aliphatic heterocycles. The number of rotatable bonds is 4. The Morgan fingerprint density at radius 1 is 0.900 bits per heavy atom. The molecule has 0 amide bonds. The summed E-state index contributed by atoms with van der Waals surface area (Å²) >= 11 is 0. The van der Waals surface area contributed by atoms with Crippen molar-refractivity contribution in [2.45, 2.75) is 39.3 Å². The lowest BCUT2D eigenvalue weighted by Gasteiger charge is -2.35. The first kappa shape index (κ1) is 15.1. The molecule has 0 saturated heterocycles. The average Bonchev–Trinajstić information content (AvgIpc) is 2.77. The van der Waals surface area contributed by atoms with Crippen LogP contribution in [0.1, 0.15) is 0 Å². The molecule has 0 aliphatic rings. The highest BCUT2D eigenvalue weighted by Crippen LogP contribution is 2.31. The molecule has 0 saturated carbocycles. The van der Waals surface area contributed by atoms with E-state index in [0.717, 1.165) is 0 Å². The van der Waals surface area contributed by atoms with Gasteiger partial charge in [-0.15, -0.1) is 0 Å². The van der Waals surface area contributed by atoms with Gasteiger partial charge in [0.25, 0.3) is 0 Å². The normalized spacial score (nSPS) is 12.5. The Morgan fingerprint density at radius 3 is 1.95 bits per heavy atom. The van der Waals surface area contributed by atoms with Gasteiger partial charge in [-0.25, -0.2) is 0 Å². The molecule has 0 atom stereocenters. The monoisotopic (exact) mass is 303 g/mol. The van der Waals surface area contributed by atoms with Crippen LogP contribution in [0.3, 0.4) is 0 Å². The lowest BCUT2D eigenvalue weighted by Crippen LogP contribution is -2.42. The van der Waals surface area contributed by atoms with Crippen molar-refractivity contribution in [1.29, 1.82) is 0 Å². The van der Waals surface area contributed by atoms with Crippen molar-refractivity contribution in [3.8, 4) is 0 Å². The molecule has 1 heterocycles. The van der Waals surface area contributed by atoms with Gasteiger partial charge in [-0.05, 0) is 31.8 Å². The van der Waals surface area contributed by atoms with Gasteiger partial charge in [0.1, 0.15) is 0 Å². The van der Waals surface area contributed by atoms with Crippen molar-refractivity contribution in [3.05, 3.63) is 42.7 Å². The number of nitrogens with zero attached hydrogens (tertiary/aromatic N) is 3. The summed E-state index contributed by atoms with van der Waals surface area (Å²) in [4.78, 5) is 0. The quantitative estimate of drug-likeness (QED) is 0.773. The Balaban J connectivity index is 2.46. The van der Waals surface area contributed by atoms with E-state index in [2.05, 4.69) is 89.8 Å². The molecule has 0 fully saturated rings. The number of anilines is 2. The Kier molecular flexibility index (Phi) is 3.93. The highest BCUT2D eigenvalue weighted by molar-refractivity contribution is 6.81. The maximum absolute atomic E-state index is 4.61. The topological polar surface area (TPSA) is 21.1 Å². The summed E-state index contributed by atoms with van der Waals surface area (Å²) in [6, 6.07) is 10.6. The van der Waals surface area contributed by atoms with Crippen LogP contribution in [0, 0.1) is 0 Å². The smallest absolute Gasteiger partial charge is 0.176 e. The summed E-state index contributed by atoms with van der Waals surface area (Å²) in [6.45, 7) is 14.0. The van der Waals surface area contributed by atoms with Gasteiger partial charge in [-0.2, -0.15) is 5.10 Å². The summed E-state index contributed by atoms with van der Waals surface area (Å²) in [7, 11) is -2.94. The second-order valence-electron chi connectivity index (χ2n) is 7.16. The zero-order valence-corrected chi connectivity index (χ0v) is 15.4. The summed E-state index contributed by atoms with van der Waals surface area (Å²) in [5.41, 5.74) is 2.49. The standard InChI is InChI=1S/C15H25N3Si2/c1-19(2,3)17-13-15(12-16-17)18(20(4,5)6)14-10-8-7-9-11-14/h7-13H,1-6H3. The van der Waals surface area contributed by atoms with Crippen LogP contribution in [-0.2, 0) is 0 Å². The van der Waals surface area contributed by atoms with E-state index in [4.69, 9.17) is 0 Å². The Morgan fingerprint density at radius 2 is 1.50 bits per heavy atom. The van der Waals surface area contributed by atoms with E-state index in [0.29, 0.717) is 0 Å². The molecule has 1 aromatic carbocycles. The van der Waals surface area contributed by atoms with Gasteiger partial charge in [-0.3, -0.25) is 4.35 Å². The molecule has 0 N–H and O–H groups in total. The minimum absolute atomic E-state index is 1.22. The summed E-state index contributed by atoms with van der Waals surface area (Å²) in [6.07, 6.45) is 4.24. The van der Waals surface area contributed by atoms with E-state index in [1.165, 1.54) is 11.4 Å². The van der Waals surface area contributed by atoms with Gasteiger partial charge in [-0.1, -0.05) is 37.8 Å². The van der Waals surface area contributed by atoms with Crippen LogP contribution < -0.4 is 4.57 Å². The van der Waals surface area contributed by atoms with Crippen molar-refractivity contribution in [3.63, 3.8) is 0 Å². The molecule has 0 radical (unpaired) electrons. The van der Waals surface area contributed by atoms with Crippen LogP contribution in [-0.4, -0.2) is 25.9 Å². The third-order valence-corrected chi connectivity index (χ3v) is 6.68. The maximum atomic E-state index is 4.61. The van der Waals surface area contributed by atoms with Crippen LogP contribution in [0.2, 0.25) is 39.3 Å². The zero-order chi connectivity index (χ0) is 15.0. The van der Waals surface area contributed by atoms with Crippen LogP contribution in [0.15, 0.2) is 42.7 Å². The van der Waals surface area contributed by atoms with E-state index < -0.39 is 16.5 Å². The minimum atomic E-state index is -1.52. The van der Waals surface area contributed by atoms with Crippen molar-refractivity contribution >= 4 is 27.8 Å². The molecule has 20 heavy (non-hydrogen) atoms. The second-order valence-corrected chi connectivity index (χ2v) is 16.7. The van der Waals surface area contributed by atoms with E-state index >= 15 is 0 Å². The lowest BCUT2D eigenvalue weighted by atomic mass is 10.3. The molecule has 3 nitrogen and oxygen atoms in total. The van der Waals surface area contributed by atoms with Crippen molar-refractivity contribution < 1.29 is 0 Å². The van der Waals surface area contributed by atoms with Crippen LogP contribution in [0.4, 0.5) is 11.4 Å². The predicted octanol–water partition coefficient (Wildman–Crippen LogP) is 4.54. The minimum Gasteiger partial charge on any atom is -0.367 e. The van der Waals surface area contributed by atoms with E-state index in [1.54, 1.807) is 0 Å². The Labute approximate surface area is 124 Å². The van der Waals surface area contributed by atoms with Gasteiger partial charge in [0.05, 0.1) is 11.9 Å². The first-order chi connectivity index (χ1) is 9.19. The van der Waals surface area contributed by atoms with Crippen molar-refractivity contribution in [2.75, 3.05) is 4.57 Å². The van der Waals surface area contributed by atoms with Gasteiger partial charge in [0, 0.05) is 11.9 Å². The van der Waals surface area contributed by atoms with Crippen LogP contribution in [0.5, 0.6) is 0 Å². The fourth-order valence-electron chi connectivity index (χ4n) is 2.30. The number of hydrogen-bond acceptors (Lipinski definition) is 2. The lowest BCUT2D eigenvalue weighted by molar-refractivity contribution is 0.934. The SMILES string of the molecule is C[Si](C)(C)N(c1ccccc1)c1cnn([Si](C)(C)C)c1. The molecule has 1 aromatic heterocycles. The maximum Gasteiger partial charge on any atom is 0.176 e. The van der Waals surface area contributed by atoms with E-state index in [9.17, 15) is 0 Å². The molecule has 108 valence electrons. The first-order valence-corrected chi connectivity index (χ1v) is 14.0. The molecule has 2 aromatic rings. The Hall–Kier alpha value is -1.34. The molecule has 0 bridgehead atoms. The summed E-state index contributed by atoms with van der Waals surface area (Å²) < 4.78 is 4.66. The molecule has 0 unspecified atom stereocenters. The fraction of sp³-hybridized carbons (Fsp3) is 0.400. The van der Waals surface area contributed by atoms with Gasteiger partial charge >= 0.3 is 0 Å². The van der Waals surface area contributed by atoms with E-state index in [1.807, 2.05) is 6.20 Å². The highest BCUT2D eigenvalue weighted by Gasteiger charge is 2.28. The molecule has 0 aliphatic carbocycles. The Bertz CT molecular complexity index is 565. The zero-order valence-electron chi connectivity index (χ0n) is 13.4. The third-order valence-electron chi connectivity index (χ3n) is 3.20. The van der Waals surface area contributed by atoms with Gasteiger partial charge in [0.2, 0.25) is 0 Å². The predicted molar refractivity (Wildman–Crippen MR) is 92.9 cm³/mol. The highest BCUT2D eigenvalue weighted by atomic mass is 28.3. The van der Waals surface area contributed by atoms with Crippen LogP contribution in [0.25, 0.3) is 0 Å². The second kappa shape index (κ2) is 5.22. The molecule has 2 rings (SSSR count). The number of para-hydroxylation sites is 1. The van der Waals surface area contributed by atoms with Crippen LogP contribution >= 0.6 is 0 Å². The first-order valence-electron chi connectivity index (χ1n) is 7.10. The van der Waals surface area contributed by atoms with E-state index in [-0.39, 0.29) is 0 Å². The largest absolute Gasteiger partial charge is 0.367 e. The fourth-order valence-corrected chi connectivity index (χ4v) is 5.03. The summed E-state index contributed by atoms with van der Waals surface area (Å²) in [5.74, 6) is 0. The van der Waals surface area contributed by atoms with Crippen molar-refractivity contribution in [2.24, 2.45) is 0 Å². The van der Waals surface area contributed by atoms with Gasteiger partial charge in [0.15, 0.2) is 16.5 Å². The number of benzene rings is 1. The molecular formula is C15H25N3Si2. The number of hydrogen-bond donors (Lipinski definition) is 0. The summed E-state index contributed by atoms with van der Waals surface area (Å²) in [5, 5.41) is 4.61. The average molecular weight is 304 g/mol. The molecule has 5 heteroatoms. The third kappa shape index (κ3) is 3.21. The molecular weight excluding hydrogens is 278 g/mol. The van der Waals surface area contributed by atoms with Gasteiger partial charge < -0.3 is 4.57 Å².